The zero-order chi connectivity index (χ0) is 26.5. The van der Waals surface area contributed by atoms with Gasteiger partial charge < -0.3 is 15.7 Å². The molecule has 0 aliphatic carbocycles. The summed E-state index contributed by atoms with van der Waals surface area (Å²) in [6, 6.07) is 11.6. The van der Waals surface area contributed by atoms with Crippen molar-refractivity contribution in [1.82, 2.24) is 15.1 Å². The van der Waals surface area contributed by atoms with Crippen LogP contribution in [0.15, 0.2) is 60.8 Å². The van der Waals surface area contributed by atoms with Gasteiger partial charge in [0, 0.05) is 46.2 Å². The fraction of sp³-hybridized carbons (Fsp3) is 0.250. The average Bonchev–Trinajstić information content (AvgIpc) is 3.42. The number of amides is 1. The van der Waals surface area contributed by atoms with Gasteiger partial charge in [-0.15, -0.1) is 5.10 Å². The maximum atomic E-state index is 13.7. The molecule has 3 aromatic rings. The Morgan fingerprint density at radius 3 is 2.34 bits per heavy atom. The van der Waals surface area contributed by atoms with E-state index in [0.29, 0.717) is 29.3 Å². The molecule has 2 atom stereocenters. The third-order valence-corrected chi connectivity index (χ3v) is 5.55. The Morgan fingerprint density at radius 2 is 1.86 bits per heavy atom. The van der Waals surface area contributed by atoms with Crippen molar-refractivity contribution in [2.24, 2.45) is 11.8 Å². The quantitative estimate of drug-likeness (QED) is 0.301. The van der Waals surface area contributed by atoms with Gasteiger partial charge in [-0.3, -0.25) is 4.79 Å². The molecule has 1 aliphatic heterocycles. The summed E-state index contributed by atoms with van der Waals surface area (Å²) in [6.07, 6.45) is 0.477. The lowest BCUT2D eigenvalue weighted by Gasteiger charge is -2.08. The lowest BCUT2D eigenvalue weighted by molar-refractivity contribution is -0.105. The lowest BCUT2D eigenvalue weighted by atomic mass is 9.99. The van der Waals surface area contributed by atoms with Gasteiger partial charge in [-0.2, -0.15) is 0 Å². The number of nitrogens with zero attached hydrogens (tertiary/aromatic N) is 2. The van der Waals surface area contributed by atoms with Crippen molar-refractivity contribution in [3.8, 4) is 16.9 Å². The van der Waals surface area contributed by atoms with Crippen molar-refractivity contribution in [2.45, 2.75) is 13.8 Å². The highest BCUT2D eigenvalue weighted by Gasteiger charge is 2.21. The molecule has 6 nitrogen and oxygen atoms in total. The molecule has 4 rings (SSSR count). The number of allylic oxidation sites excluding steroid dienone is 1. The molecular weight excluding hydrogens is 488 g/mol. The number of carbonyl (C=O) groups is 1. The fourth-order valence-electron chi connectivity index (χ4n) is 3.15. The number of aromatic nitrogens is 2. The van der Waals surface area contributed by atoms with Crippen molar-refractivity contribution in [2.75, 3.05) is 19.0 Å². The van der Waals surface area contributed by atoms with Gasteiger partial charge in [0.15, 0.2) is 5.82 Å². The number of carbonyl (C=O) groups excluding carboxylic acids is 1. The van der Waals surface area contributed by atoms with Crippen LogP contribution in [0.5, 0.6) is 0 Å². The van der Waals surface area contributed by atoms with Gasteiger partial charge in [0.25, 0.3) is 0 Å². The van der Waals surface area contributed by atoms with Crippen LogP contribution < -0.4 is 10.6 Å². The van der Waals surface area contributed by atoms with Crippen LogP contribution in [-0.2, 0) is 4.79 Å². The minimum Gasteiger partial charge on any atom is -0.400 e. The highest BCUT2D eigenvalue weighted by molar-refractivity contribution is 6.30. The summed E-state index contributed by atoms with van der Waals surface area (Å²) < 4.78 is 44.6. The van der Waals surface area contributed by atoms with Gasteiger partial charge in [0.1, 0.15) is 11.6 Å². The van der Waals surface area contributed by atoms with E-state index in [1.54, 1.807) is 24.3 Å². The molecule has 2 aromatic carbocycles. The maximum absolute atomic E-state index is 13.7. The zero-order valence-corrected chi connectivity index (χ0v) is 20.2. The topological polar surface area (TPSA) is 79.2 Å². The molecule has 0 radical (unpaired) electrons. The maximum Gasteiger partial charge on any atom is 0.212 e. The Morgan fingerprint density at radius 1 is 1.17 bits per heavy atom. The van der Waals surface area contributed by atoms with Crippen molar-refractivity contribution < 1.29 is 27.8 Å². The van der Waals surface area contributed by atoms with Gasteiger partial charge >= 0.3 is 0 Å². The largest absolute Gasteiger partial charge is 0.400 e. The average molecular weight is 515 g/mol. The molecule has 0 saturated carbocycles. The van der Waals surface area contributed by atoms with E-state index in [2.05, 4.69) is 36.2 Å². The summed E-state index contributed by atoms with van der Waals surface area (Å²) in [5.74, 6) is 0.698. The van der Waals surface area contributed by atoms with Crippen molar-refractivity contribution in [1.29, 1.82) is 0 Å². The molecule has 0 bridgehead atoms. The van der Waals surface area contributed by atoms with Gasteiger partial charge in [-0.1, -0.05) is 44.2 Å². The Kier molecular flexibility index (Phi) is 12.5. The van der Waals surface area contributed by atoms with Gasteiger partial charge in [-0.25, -0.2) is 13.5 Å². The zero-order valence-electron chi connectivity index (χ0n) is 19.4. The Balaban J connectivity index is 0.000000427. The second-order valence-electron chi connectivity index (χ2n) is 7.37. The van der Waals surface area contributed by atoms with Crippen LogP contribution in [-0.4, -0.2) is 35.0 Å². The van der Waals surface area contributed by atoms with Crippen LogP contribution in [0.4, 0.5) is 23.7 Å². The molecule has 35 heavy (non-hydrogen) atoms. The molecule has 11 heteroatoms. The highest BCUT2D eigenvalue weighted by atomic mass is 35.5. The third kappa shape index (κ3) is 8.11. The second kappa shape index (κ2) is 14.8. The number of anilines is 1. The molecule has 2 heterocycles. The fourth-order valence-corrected chi connectivity index (χ4v) is 3.27. The summed E-state index contributed by atoms with van der Waals surface area (Å²) in [4.78, 5) is 10.6. The Bertz CT molecular complexity index is 1110. The second-order valence-corrected chi connectivity index (χ2v) is 7.78. The smallest absolute Gasteiger partial charge is 0.212 e. The number of aliphatic hydroxyl groups excluding tert-OH is 1. The lowest BCUT2D eigenvalue weighted by Crippen LogP contribution is -2.04. The van der Waals surface area contributed by atoms with Crippen molar-refractivity contribution in [3.63, 3.8) is 0 Å². The first-order valence-corrected chi connectivity index (χ1v) is 10.7. The summed E-state index contributed by atoms with van der Waals surface area (Å²) in [5, 5.41) is 16.8. The molecule has 1 fully saturated rings. The Hall–Kier alpha value is -3.37. The number of hydrogen-bond acceptors (Lipinski definition) is 4. The van der Waals surface area contributed by atoms with E-state index < -0.39 is 11.6 Å². The molecule has 0 spiro atoms. The van der Waals surface area contributed by atoms with Gasteiger partial charge in [0.05, 0.1) is 16.4 Å². The molecule has 1 unspecified atom stereocenters. The number of benzene rings is 2. The number of nitrogens with one attached hydrogen (secondary N) is 2. The number of aliphatic hydroxyl groups is 1. The molecule has 1 amide bonds. The first-order valence-electron chi connectivity index (χ1n) is 10.3. The summed E-state index contributed by atoms with van der Waals surface area (Å²) in [5.41, 5.74) is 2.63. The minimum atomic E-state index is -0.602. The van der Waals surface area contributed by atoms with Crippen LogP contribution in [0.1, 0.15) is 13.8 Å². The minimum absolute atomic E-state index is 0.0144. The van der Waals surface area contributed by atoms with Gasteiger partial charge in [-0.05, 0) is 36.1 Å². The van der Waals surface area contributed by atoms with Crippen LogP contribution in [0.25, 0.3) is 16.9 Å². The van der Waals surface area contributed by atoms with E-state index >= 15 is 0 Å². The van der Waals surface area contributed by atoms with Crippen molar-refractivity contribution >= 4 is 23.8 Å². The van der Waals surface area contributed by atoms with E-state index in [0.717, 1.165) is 19.6 Å². The monoisotopic (exact) mass is 514 g/mol. The molecule has 1 aliphatic rings. The number of rotatable bonds is 4. The Labute approximate surface area is 206 Å². The summed E-state index contributed by atoms with van der Waals surface area (Å²) >= 11 is 5.69. The number of hydrogen-bond donors (Lipinski definition) is 3. The van der Waals surface area contributed by atoms with E-state index in [1.165, 1.54) is 34.6 Å². The summed E-state index contributed by atoms with van der Waals surface area (Å²) in [7, 11) is 1.00. The molecule has 190 valence electrons. The molecule has 1 saturated heterocycles. The standard InChI is InChI=1S/C16H10ClF2N3O.C7H13N.CH4O.F2/c17-13-5-4-12(7-14(13)19)22-15(8-16(21-22)20-9-23)10-2-1-3-11(18)6-10;1-5-4-8-7(3)6(5)2;2*1-2/h1-9H,(H,20,21,23);5-6,8H,3-4H2,1-2H3;2H,1H3;/t;5-,6?;;/m.0../s1. The molecular formula is C24H27ClF4N4O2. The normalized spacial score (nSPS) is 15.9. The van der Waals surface area contributed by atoms with E-state index in [-0.39, 0.29) is 10.8 Å². The van der Waals surface area contributed by atoms with E-state index in [4.69, 9.17) is 25.9 Å². The third-order valence-electron chi connectivity index (χ3n) is 5.24. The van der Waals surface area contributed by atoms with Crippen LogP contribution in [0, 0.1) is 23.5 Å². The number of halogens is 5. The van der Waals surface area contributed by atoms with E-state index in [1.807, 2.05) is 0 Å². The van der Waals surface area contributed by atoms with E-state index in [9.17, 15) is 13.6 Å². The van der Waals surface area contributed by atoms with Gasteiger partial charge in [0.2, 0.25) is 6.41 Å². The van der Waals surface area contributed by atoms with Crippen LogP contribution in [0.2, 0.25) is 5.02 Å². The van der Waals surface area contributed by atoms with Crippen LogP contribution in [0.3, 0.4) is 0 Å². The predicted octanol–water partition coefficient (Wildman–Crippen LogP) is 5.86. The first kappa shape index (κ1) is 29.7. The molecule has 1 aromatic heterocycles. The summed E-state index contributed by atoms with van der Waals surface area (Å²) in [6.45, 7) is 9.45. The molecule has 3 N–H and O–H groups in total. The predicted molar refractivity (Wildman–Crippen MR) is 129 cm³/mol. The first-order chi connectivity index (χ1) is 16.8. The van der Waals surface area contributed by atoms with Crippen LogP contribution >= 0.6 is 11.6 Å². The van der Waals surface area contributed by atoms with Crippen molar-refractivity contribution in [3.05, 3.63) is 77.5 Å². The SMILES string of the molecule is C=C1NC[C@H](C)C1C.CO.FF.O=CNc1cc(-c2cccc(F)c2)n(-c2ccc(Cl)c(F)c2)n1. The highest BCUT2D eigenvalue weighted by Crippen LogP contribution is 2.28.